The highest BCUT2D eigenvalue weighted by Crippen LogP contribution is 2.38. The summed E-state index contributed by atoms with van der Waals surface area (Å²) in [5.74, 6) is 0.697. The van der Waals surface area contributed by atoms with Gasteiger partial charge in [-0.2, -0.15) is 0 Å². The van der Waals surface area contributed by atoms with Crippen LogP contribution in [0.1, 0.15) is 29.8 Å². The highest BCUT2D eigenvalue weighted by Gasteiger charge is 2.18. The zero-order valence-corrected chi connectivity index (χ0v) is 16.5. The molecule has 1 aromatic carbocycles. The molecule has 114 valence electrons. The molecule has 0 radical (unpaired) electrons. The first-order chi connectivity index (χ1) is 10.1. The minimum Gasteiger partial charge on any atom is -0.495 e. The van der Waals surface area contributed by atoms with Gasteiger partial charge in [0.1, 0.15) is 5.75 Å². The number of halogens is 3. The van der Waals surface area contributed by atoms with Crippen molar-refractivity contribution >= 4 is 54.8 Å². The van der Waals surface area contributed by atoms with Gasteiger partial charge in [-0.1, -0.05) is 24.6 Å². The van der Waals surface area contributed by atoms with Crippen LogP contribution in [-0.4, -0.2) is 13.7 Å². The van der Waals surface area contributed by atoms with Crippen LogP contribution >= 0.6 is 54.8 Å². The van der Waals surface area contributed by atoms with Gasteiger partial charge in [0.15, 0.2) is 0 Å². The third-order valence-corrected chi connectivity index (χ3v) is 6.67. The molecule has 0 saturated heterocycles. The fourth-order valence-corrected chi connectivity index (χ4v) is 4.50. The molecule has 2 nitrogen and oxygen atoms in total. The minimum absolute atomic E-state index is 0.126. The summed E-state index contributed by atoms with van der Waals surface area (Å²) < 4.78 is 7.40. The smallest absolute Gasteiger partial charge is 0.137 e. The van der Waals surface area contributed by atoms with Crippen molar-refractivity contribution in [2.24, 2.45) is 0 Å². The van der Waals surface area contributed by atoms with E-state index in [1.165, 1.54) is 4.88 Å². The van der Waals surface area contributed by atoms with Gasteiger partial charge in [-0.15, -0.1) is 11.3 Å². The molecule has 0 aliphatic rings. The maximum absolute atomic E-state index is 6.26. The van der Waals surface area contributed by atoms with Gasteiger partial charge in [-0.05, 0) is 68.6 Å². The van der Waals surface area contributed by atoms with Gasteiger partial charge in [0.2, 0.25) is 0 Å². The number of nitrogens with one attached hydrogen (secondary N) is 1. The van der Waals surface area contributed by atoms with E-state index in [4.69, 9.17) is 16.3 Å². The Balaban J connectivity index is 2.37. The van der Waals surface area contributed by atoms with E-state index in [9.17, 15) is 0 Å². The van der Waals surface area contributed by atoms with Gasteiger partial charge >= 0.3 is 0 Å². The van der Waals surface area contributed by atoms with Crippen LogP contribution in [0.3, 0.4) is 0 Å². The van der Waals surface area contributed by atoms with Gasteiger partial charge in [-0.3, -0.25) is 0 Å². The molecule has 0 bridgehead atoms. The first kappa shape index (κ1) is 17.3. The number of hydrogen-bond donors (Lipinski definition) is 1. The van der Waals surface area contributed by atoms with Crippen LogP contribution in [0.25, 0.3) is 0 Å². The van der Waals surface area contributed by atoms with Crippen molar-refractivity contribution in [1.82, 2.24) is 5.32 Å². The maximum Gasteiger partial charge on any atom is 0.137 e. The summed E-state index contributed by atoms with van der Waals surface area (Å²) in [5, 5.41) is 4.21. The number of rotatable bonds is 6. The average Bonchev–Trinajstić information content (AvgIpc) is 2.79. The van der Waals surface area contributed by atoms with Gasteiger partial charge in [-0.25, -0.2) is 0 Å². The molecule has 0 spiro atoms. The summed E-state index contributed by atoms with van der Waals surface area (Å²) >= 11 is 15.1. The molecule has 0 aliphatic heterocycles. The Kier molecular flexibility index (Phi) is 6.56. The van der Waals surface area contributed by atoms with E-state index in [-0.39, 0.29) is 6.04 Å². The van der Waals surface area contributed by atoms with Crippen molar-refractivity contribution in [2.75, 3.05) is 13.7 Å². The average molecular weight is 454 g/mol. The van der Waals surface area contributed by atoms with Crippen LogP contribution in [-0.2, 0) is 0 Å². The van der Waals surface area contributed by atoms with E-state index in [0.29, 0.717) is 10.8 Å². The molecule has 1 aromatic heterocycles. The molecule has 0 aliphatic carbocycles. The Bertz CT molecular complexity index is 598. The highest BCUT2D eigenvalue weighted by molar-refractivity contribution is 9.13. The quantitative estimate of drug-likeness (QED) is 0.577. The monoisotopic (exact) mass is 451 g/mol. The van der Waals surface area contributed by atoms with E-state index in [1.54, 1.807) is 18.4 Å². The second kappa shape index (κ2) is 7.97. The molecule has 21 heavy (non-hydrogen) atoms. The maximum atomic E-state index is 6.26. The minimum atomic E-state index is 0.126. The van der Waals surface area contributed by atoms with E-state index in [2.05, 4.69) is 56.2 Å². The van der Waals surface area contributed by atoms with E-state index in [1.807, 2.05) is 12.1 Å². The molecule has 0 amide bonds. The second-order valence-electron chi connectivity index (χ2n) is 4.55. The van der Waals surface area contributed by atoms with Gasteiger partial charge in [0.25, 0.3) is 0 Å². The Morgan fingerprint density at radius 3 is 2.62 bits per heavy atom. The summed E-state index contributed by atoms with van der Waals surface area (Å²) in [6, 6.07) is 8.20. The van der Waals surface area contributed by atoms with E-state index < -0.39 is 0 Å². The summed E-state index contributed by atoms with van der Waals surface area (Å²) in [5.41, 5.74) is 1.13. The summed E-state index contributed by atoms with van der Waals surface area (Å²) in [7, 11) is 1.63. The standard InChI is InChI=1S/C15H16Br2ClNOS/c1-3-6-19-14(13-8-10(16)15(17)21-13)9-4-5-12(20-2)11(18)7-9/h4-5,7-8,14,19H,3,6H2,1-2H3. The predicted molar refractivity (Wildman–Crippen MR) is 97.9 cm³/mol. The largest absolute Gasteiger partial charge is 0.495 e. The zero-order chi connectivity index (χ0) is 15.4. The van der Waals surface area contributed by atoms with E-state index >= 15 is 0 Å². The lowest BCUT2D eigenvalue weighted by molar-refractivity contribution is 0.414. The molecule has 6 heteroatoms. The van der Waals surface area contributed by atoms with Gasteiger partial charge < -0.3 is 10.1 Å². The highest BCUT2D eigenvalue weighted by atomic mass is 79.9. The molecule has 1 heterocycles. The Morgan fingerprint density at radius 2 is 2.10 bits per heavy atom. The summed E-state index contributed by atoms with van der Waals surface area (Å²) in [6.07, 6.45) is 1.08. The lowest BCUT2D eigenvalue weighted by Gasteiger charge is -2.18. The van der Waals surface area contributed by atoms with Crippen molar-refractivity contribution in [2.45, 2.75) is 19.4 Å². The molecular formula is C15H16Br2ClNOS. The third kappa shape index (κ3) is 4.23. The van der Waals surface area contributed by atoms with Gasteiger partial charge in [0.05, 0.1) is 22.0 Å². The van der Waals surface area contributed by atoms with Crippen molar-refractivity contribution in [3.8, 4) is 5.75 Å². The predicted octanol–water partition coefficient (Wildman–Crippen LogP) is 6.02. The van der Waals surface area contributed by atoms with Crippen molar-refractivity contribution in [1.29, 1.82) is 0 Å². The van der Waals surface area contributed by atoms with Gasteiger partial charge in [0, 0.05) is 9.35 Å². The Morgan fingerprint density at radius 1 is 1.33 bits per heavy atom. The zero-order valence-electron chi connectivity index (χ0n) is 11.8. The van der Waals surface area contributed by atoms with Crippen molar-refractivity contribution in [3.63, 3.8) is 0 Å². The molecule has 0 fully saturated rings. The Labute approximate surface area is 151 Å². The molecule has 2 rings (SSSR count). The number of hydrogen-bond acceptors (Lipinski definition) is 3. The molecule has 0 saturated carbocycles. The second-order valence-corrected chi connectivity index (χ2v) is 8.21. The number of benzene rings is 1. The normalized spacial score (nSPS) is 12.4. The lowest BCUT2D eigenvalue weighted by Crippen LogP contribution is -2.22. The third-order valence-electron chi connectivity index (χ3n) is 3.06. The first-order valence-corrected chi connectivity index (χ1v) is 9.36. The lowest BCUT2D eigenvalue weighted by atomic mass is 10.0. The summed E-state index contributed by atoms with van der Waals surface area (Å²) in [4.78, 5) is 1.24. The fourth-order valence-electron chi connectivity index (χ4n) is 2.04. The SMILES string of the molecule is CCCNC(c1ccc(OC)c(Cl)c1)c1cc(Br)c(Br)s1. The molecule has 1 atom stereocenters. The Hall–Kier alpha value is -0.0700. The number of ether oxygens (including phenoxy) is 1. The number of methoxy groups -OCH3 is 1. The molecule has 1 unspecified atom stereocenters. The fraction of sp³-hybridized carbons (Fsp3) is 0.333. The van der Waals surface area contributed by atoms with Crippen LogP contribution in [0, 0.1) is 0 Å². The van der Waals surface area contributed by atoms with E-state index in [0.717, 1.165) is 26.8 Å². The van der Waals surface area contributed by atoms with Crippen molar-refractivity contribution < 1.29 is 4.74 Å². The first-order valence-electron chi connectivity index (χ1n) is 6.58. The van der Waals surface area contributed by atoms with Crippen LogP contribution in [0.15, 0.2) is 32.5 Å². The summed E-state index contributed by atoms with van der Waals surface area (Å²) in [6.45, 7) is 3.10. The molecule has 1 N–H and O–H groups in total. The van der Waals surface area contributed by atoms with Crippen LogP contribution < -0.4 is 10.1 Å². The number of thiophene rings is 1. The van der Waals surface area contributed by atoms with Crippen molar-refractivity contribution in [3.05, 3.63) is 48.0 Å². The van der Waals surface area contributed by atoms with Crippen LogP contribution in [0.5, 0.6) is 5.75 Å². The molecule has 2 aromatic rings. The molecular weight excluding hydrogens is 437 g/mol. The topological polar surface area (TPSA) is 21.3 Å². The van der Waals surface area contributed by atoms with Crippen LogP contribution in [0.4, 0.5) is 0 Å². The van der Waals surface area contributed by atoms with Crippen LogP contribution in [0.2, 0.25) is 5.02 Å².